The summed E-state index contributed by atoms with van der Waals surface area (Å²) in [5.41, 5.74) is -9.47. The lowest BCUT2D eigenvalue weighted by Crippen LogP contribution is -2.34. The molecular formula is C6ClF9Si. The second-order valence-corrected chi connectivity index (χ2v) is 6.72. The Hall–Kier alpha value is -0.903. The van der Waals surface area contributed by atoms with E-state index in [1.54, 1.807) is 0 Å². The molecule has 0 aromatic rings. The van der Waals surface area contributed by atoms with Crippen molar-refractivity contribution in [2.24, 2.45) is 0 Å². The minimum absolute atomic E-state index is 3.16. The van der Waals surface area contributed by atoms with E-state index >= 15 is 0 Å². The monoisotopic (exact) mass is 306 g/mol. The maximum absolute atomic E-state index is 12.6. The largest absolute Gasteiger partial charge is 0.360 e. The first-order valence-electron chi connectivity index (χ1n) is 3.39. The van der Waals surface area contributed by atoms with Gasteiger partial charge in [0.1, 0.15) is 0 Å². The van der Waals surface area contributed by atoms with Gasteiger partial charge in [-0.3, -0.25) is 0 Å². The minimum Gasteiger partial charge on any atom is -0.209 e. The van der Waals surface area contributed by atoms with Gasteiger partial charge in [0.2, 0.25) is 0 Å². The molecule has 0 bridgehead atoms. The Morgan fingerprint density at radius 2 is 0.706 bits per heavy atom. The van der Waals surface area contributed by atoms with Gasteiger partial charge in [0.25, 0.3) is 18.2 Å². The van der Waals surface area contributed by atoms with E-state index in [4.69, 9.17) is 0 Å². The van der Waals surface area contributed by atoms with Crippen molar-refractivity contribution in [3.63, 3.8) is 0 Å². The summed E-state index contributed by atoms with van der Waals surface area (Å²) in [6.45, 7) is 0. The third-order valence-electron chi connectivity index (χ3n) is 1.41. The lowest BCUT2D eigenvalue weighted by molar-refractivity contribution is 0.375. The van der Waals surface area contributed by atoms with E-state index in [0.717, 1.165) is 0 Å². The molecular weight excluding hydrogens is 307 g/mol. The summed E-state index contributed by atoms with van der Waals surface area (Å²) in [7, 11) is -6.39. The van der Waals surface area contributed by atoms with Gasteiger partial charge in [-0.2, -0.15) is 26.3 Å². The Morgan fingerprint density at radius 3 is 0.824 bits per heavy atom. The van der Waals surface area contributed by atoms with Crippen LogP contribution in [0.2, 0.25) is 0 Å². The topological polar surface area (TPSA) is 0 Å². The maximum atomic E-state index is 12.6. The van der Waals surface area contributed by atoms with Gasteiger partial charge in [-0.15, -0.1) is 11.1 Å². The van der Waals surface area contributed by atoms with Crippen molar-refractivity contribution in [1.29, 1.82) is 0 Å². The summed E-state index contributed by atoms with van der Waals surface area (Å²) in [6.07, 6.45) is -10.4. The molecule has 0 rings (SSSR count). The maximum Gasteiger partial charge on any atom is 0.360 e. The molecule has 0 unspecified atom stereocenters. The van der Waals surface area contributed by atoms with Crippen LogP contribution in [0.4, 0.5) is 39.5 Å². The Kier molecular flexibility index (Phi) is 5.32. The molecule has 0 spiro atoms. The van der Waals surface area contributed by atoms with Gasteiger partial charge >= 0.3 is 7.38 Å². The van der Waals surface area contributed by atoms with Crippen LogP contribution in [0.3, 0.4) is 0 Å². The van der Waals surface area contributed by atoms with Crippen LogP contribution < -0.4 is 0 Å². The third kappa shape index (κ3) is 3.06. The average Bonchev–Trinajstić information content (AvgIpc) is 2.24. The molecule has 0 aliphatic carbocycles. The summed E-state index contributed by atoms with van der Waals surface area (Å²) in [5, 5.41) is 0. The van der Waals surface area contributed by atoms with Crippen LogP contribution >= 0.6 is 11.1 Å². The van der Waals surface area contributed by atoms with Gasteiger partial charge in [-0.25, -0.2) is 13.2 Å². The van der Waals surface area contributed by atoms with Crippen LogP contribution in [0, 0.1) is 0 Å². The molecule has 0 N–H and O–H groups in total. The molecule has 0 aromatic heterocycles. The minimum atomic E-state index is -6.39. The van der Waals surface area contributed by atoms with Crippen molar-refractivity contribution in [2.45, 2.75) is 0 Å². The van der Waals surface area contributed by atoms with Gasteiger partial charge in [0, 0.05) is 0 Å². The lowest BCUT2D eigenvalue weighted by atomic mass is 11.0. The SMILES string of the molecule is FC(F)=C(F)[Si](Cl)(C(F)=C(F)F)C(F)=C(F)F. The van der Waals surface area contributed by atoms with E-state index in [0.29, 0.717) is 0 Å². The number of halogens is 10. The van der Waals surface area contributed by atoms with E-state index in [1.807, 2.05) is 0 Å². The first-order chi connectivity index (χ1) is 7.56. The summed E-state index contributed by atoms with van der Waals surface area (Å²) in [5.74, 6) is 0. The third-order valence-corrected chi connectivity index (χ3v) is 5.28. The fourth-order valence-corrected chi connectivity index (χ4v) is 2.68. The normalized spacial score (nSPS) is 10.9. The smallest absolute Gasteiger partial charge is 0.209 e. The predicted molar refractivity (Wildman–Crippen MR) is 42.7 cm³/mol. The van der Waals surface area contributed by atoms with Crippen LogP contribution in [0.15, 0.2) is 34.6 Å². The van der Waals surface area contributed by atoms with Crippen LogP contribution in [-0.2, 0) is 0 Å². The highest BCUT2D eigenvalue weighted by Gasteiger charge is 2.55. The fourth-order valence-electron chi connectivity index (χ4n) is 0.680. The molecule has 0 saturated heterocycles. The molecule has 0 amide bonds. The summed E-state index contributed by atoms with van der Waals surface area (Å²) < 4.78 is 108. The van der Waals surface area contributed by atoms with E-state index in [1.165, 1.54) is 0 Å². The first-order valence-corrected chi connectivity index (χ1v) is 6.40. The Bertz CT molecular complexity index is 340. The Morgan fingerprint density at radius 1 is 0.529 bits per heavy atom. The number of hydrogen-bond acceptors (Lipinski definition) is 0. The molecule has 0 radical (unpaired) electrons. The average molecular weight is 307 g/mol. The molecule has 0 atom stereocenters. The van der Waals surface area contributed by atoms with E-state index in [-0.39, 0.29) is 0 Å². The van der Waals surface area contributed by atoms with Gasteiger partial charge in [-0.05, 0) is 0 Å². The van der Waals surface area contributed by atoms with E-state index < -0.39 is 42.0 Å². The standard InChI is InChI=1S/C6ClF9Si/c7-17(4(14)1(8)9,5(15)2(10)11)6(16)3(12)13. The van der Waals surface area contributed by atoms with Crippen LogP contribution in [0.25, 0.3) is 0 Å². The second kappa shape index (κ2) is 5.62. The Balaban J connectivity index is 6.20. The van der Waals surface area contributed by atoms with Gasteiger partial charge in [0.15, 0.2) is 16.4 Å². The van der Waals surface area contributed by atoms with Crippen molar-refractivity contribution >= 4 is 18.5 Å². The predicted octanol–water partition coefficient (Wildman–Crippen LogP) is 5.02. The van der Waals surface area contributed by atoms with Crippen LogP contribution in [0.1, 0.15) is 0 Å². The molecule has 0 fully saturated rings. The zero-order chi connectivity index (χ0) is 14.0. The molecule has 0 saturated carbocycles. The molecule has 98 valence electrons. The number of rotatable bonds is 3. The molecule has 0 heterocycles. The molecule has 0 aliphatic heterocycles. The summed E-state index contributed by atoms with van der Waals surface area (Å²) in [4.78, 5) is 0. The quantitative estimate of drug-likeness (QED) is 0.390. The molecule has 0 nitrogen and oxygen atoms in total. The molecule has 0 aliphatic rings. The zero-order valence-electron chi connectivity index (χ0n) is 7.28. The van der Waals surface area contributed by atoms with Crippen LogP contribution in [0.5, 0.6) is 0 Å². The zero-order valence-corrected chi connectivity index (χ0v) is 9.04. The molecule has 11 heteroatoms. The van der Waals surface area contributed by atoms with E-state index in [2.05, 4.69) is 11.1 Å². The van der Waals surface area contributed by atoms with E-state index in [9.17, 15) is 39.5 Å². The Labute approximate surface area is 93.4 Å². The lowest BCUT2D eigenvalue weighted by Gasteiger charge is -2.16. The summed E-state index contributed by atoms with van der Waals surface area (Å²) in [6, 6.07) is 0. The van der Waals surface area contributed by atoms with Crippen molar-refractivity contribution in [3.05, 3.63) is 34.6 Å². The highest BCUT2D eigenvalue weighted by molar-refractivity contribution is 7.31. The molecule has 0 aromatic carbocycles. The van der Waals surface area contributed by atoms with Crippen molar-refractivity contribution in [3.8, 4) is 0 Å². The highest BCUT2D eigenvalue weighted by Crippen LogP contribution is 2.42. The van der Waals surface area contributed by atoms with Crippen molar-refractivity contribution in [1.82, 2.24) is 0 Å². The summed E-state index contributed by atoms with van der Waals surface area (Å²) >= 11 is 4.58. The van der Waals surface area contributed by atoms with Crippen molar-refractivity contribution in [2.75, 3.05) is 0 Å². The van der Waals surface area contributed by atoms with Gasteiger partial charge in [-0.1, -0.05) is 0 Å². The number of hydrogen-bond donors (Lipinski definition) is 0. The highest BCUT2D eigenvalue weighted by atomic mass is 35.6. The fraction of sp³-hybridized carbons (Fsp3) is 0. The van der Waals surface area contributed by atoms with Gasteiger partial charge in [0.05, 0.1) is 0 Å². The van der Waals surface area contributed by atoms with Crippen molar-refractivity contribution < 1.29 is 39.5 Å². The van der Waals surface area contributed by atoms with Crippen LogP contribution in [-0.4, -0.2) is 7.38 Å². The second-order valence-electron chi connectivity index (χ2n) is 2.38. The molecule has 17 heavy (non-hydrogen) atoms. The van der Waals surface area contributed by atoms with Gasteiger partial charge < -0.3 is 0 Å². The first kappa shape index (κ1) is 16.1.